The van der Waals surface area contributed by atoms with Crippen molar-refractivity contribution in [1.82, 2.24) is 0 Å². The van der Waals surface area contributed by atoms with Gasteiger partial charge in [-0.2, -0.15) is 0 Å². The summed E-state index contributed by atoms with van der Waals surface area (Å²) in [6.07, 6.45) is 21.0. The number of allylic oxidation sites excluding steroid dienone is 6. The third kappa shape index (κ3) is 4.77. The summed E-state index contributed by atoms with van der Waals surface area (Å²) in [5.74, 6) is 0. The van der Waals surface area contributed by atoms with Crippen LogP contribution in [0, 0.1) is 10.1 Å². The molecule has 4 rings (SSSR count). The van der Waals surface area contributed by atoms with Gasteiger partial charge >= 0.3 is 0 Å². The monoisotopic (exact) mass is 398 g/mol. The van der Waals surface area contributed by atoms with Crippen LogP contribution in [-0.4, -0.2) is 18.0 Å². The van der Waals surface area contributed by atoms with Crippen molar-refractivity contribution >= 4 is 23.5 Å². The summed E-state index contributed by atoms with van der Waals surface area (Å²) in [5, 5.41) is 10.7. The fourth-order valence-corrected chi connectivity index (χ4v) is 4.22. The molecule has 2 aromatic rings. The highest BCUT2D eigenvalue weighted by Gasteiger charge is 2.23. The van der Waals surface area contributed by atoms with Crippen molar-refractivity contribution < 1.29 is 4.92 Å². The summed E-state index contributed by atoms with van der Waals surface area (Å²) >= 11 is 0. The average molecular weight is 399 g/mol. The molecule has 0 aromatic heterocycles. The zero-order valence-electron chi connectivity index (χ0n) is 17.0. The second-order valence-corrected chi connectivity index (χ2v) is 7.72. The average Bonchev–Trinajstić information content (AvgIpc) is 2.76. The Morgan fingerprint density at radius 3 is 1.87 bits per heavy atom. The van der Waals surface area contributed by atoms with E-state index in [9.17, 15) is 10.1 Å². The first-order valence-electron chi connectivity index (χ1n) is 10.5. The maximum absolute atomic E-state index is 10.7. The molecule has 0 bridgehead atoms. The number of nitro benzene ring substituents is 1. The van der Waals surface area contributed by atoms with Gasteiger partial charge in [0.05, 0.1) is 4.92 Å². The van der Waals surface area contributed by atoms with Crippen LogP contribution >= 0.6 is 0 Å². The lowest BCUT2D eigenvalue weighted by Crippen LogP contribution is -2.34. The molecule has 0 unspecified atom stereocenters. The molecule has 0 saturated carbocycles. The lowest BCUT2D eigenvalue weighted by molar-refractivity contribution is -0.384. The Morgan fingerprint density at radius 1 is 0.767 bits per heavy atom. The van der Waals surface area contributed by atoms with Gasteiger partial charge in [-0.3, -0.25) is 10.1 Å². The third-order valence-corrected chi connectivity index (χ3v) is 5.59. The van der Waals surface area contributed by atoms with Gasteiger partial charge in [0.1, 0.15) is 0 Å². The third-order valence-electron chi connectivity index (χ3n) is 5.59. The Morgan fingerprint density at radius 2 is 1.30 bits per heavy atom. The molecule has 30 heavy (non-hydrogen) atoms. The first-order valence-corrected chi connectivity index (χ1v) is 10.5. The van der Waals surface area contributed by atoms with Gasteiger partial charge in [0.2, 0.25) is 0 Å². The van der Waals surface area contributed by atoms with Crippen LogP contribution in [-0.2, 0) is 12.8 Å². The molecule has 0 amide bonds. The van der Waals surface area contributed by atoms with Crippen LogP contribution < -0.4 is 4.90 Å². The van der Waals surface area contributed by atoms with Gasteiger partial charge in [-0.15, -0.1) is 0 Å². The van der Waals surface area contributed by atoms with E-state index in [0.717, 1.165) is 5.56 Å². The number of nitrogens with zero attached hydrogens (tertiary/aromatic N) is 2. The predicted molar refractivity (Wildman–Crippen MR) is 125 cm³/mol. The van der Waals surface area contributed by atoms with Gasteiger partial charge in [0, 0.05) is 30.9 Å². The number of hydrogen-bond donors (Lipinski definition) is 0. The highest BCUT2D eigenvalue weighted by atomic mass is 16.6. The molecule has 2 aromatic carbocycles. The molecular weight excluding hydrogens is 372 g/mol. The Hall–Kier alpha value is -3.40. The maximum Gasteiger partial charge on any atom is 0.269 e. The SMILES string of the molecule is O=[N+]([O-])c1ccc(/C=C/C=C/C=C/C=C/c2cc3c4c(c2)CCCN4CCC3)cc1. The van der Waals surface area contributed by atoms with E-state index >= 15 is 0 Å². The van der Waals surface area contributed by atoms with E-state index in [4.69, 9.17) is 0 Å². The second-order valence-electron chi connectivity index (χ2n) is 7.72. The van der Waals surface area contributed by atoms with E-state index in [1.807, 2.05) is 36.5 Å². The summed E-state index contributed by atoms with van der Waals surface area (Å²) in [5.41, 5.74) is 6.88. The summed E-state index contributed by atoms with van der Waals surface area (Å²) in [6, 6.07) is 11.2. The van der Waals surface area contributed by atoms with E-state index in [2.05, 4.69) is 29.2 Å². The standard InChI is InChI=1S/C26H26N2O2/c29-28(30)25-15-13-21(14-16-25)9-5-3-1-2-4-6-10-22-19-23-11-7-17-27-18-8-12-24(20-22)26(23)27/h1-6,9-10,13-16,19-20H,7-8,11-12,17-18H2/b3-1+,4-2+,9-5+,10-6+. The van der Waals surface area contributed by atoms with Crippen molar-refractivity contribution in [2.45, 2.75) is 25.7 Å². The van der Waals surface area contributed by atoms with Crippen molar-refractivity contribution in [2.75, 3.05) is 18.0 Å². The van der Waals surface area contributed by atoms with Crippen molar-refractivity contribution in [3.05, 3.63) is 105 Å². The van der Waals surface area contributed by atoms with Crippen LogP contribution in [0.3, 0.4) is 0 Å². The summed E-state index contributed by atoms with van der Waals surface area (Å²) in [4.78, 5) is 12.8. The Balaban J connectivity index is 1.33. The molecule has 0 spiro atoms. The molecule has 152 valence electrons. The normalized spacial score (nSPS) is 16.2. The minimum atomic E-state index is -0.389. The van der Waals surface area contributed by atoms with Crippen LogP contribution in [0.25, 0.3) is 12.2 Å². The zero-order valence-corrected chi connectivity index (χ0v) is 17.0. The molecule has 2 aliphatic heterocycles. The number of benzene rings is 2. The van der Waals surface area contributed by atoms with Gasteiger partial charge < -0.3 is 4.90 Å². The predicted octanol–water partition coefficient (Wildman–Crippen LogP) is 6.13. The van der Waals surface area contributed by atoms with Crippen LogP contribution in [0.5, 0.6) is 0 Å². The number of anilines is 1. The molecular formula is C26H26N2O2. The Bertz CT molecular complexity index is 998. The molecule has 0 atom stereocenters. The van der Waals surface area contributed by atoms with E-state index < -0.39 is 0 Å². The van der Waals surface area contributed by atoms with Crippen LogP contribution in [0.1, 0.15) is 35.1 Å². The first kappa shape index (κ1) is 19.9. The van der Waals surface area contributed by atoms with Gasteiger partial charge in [-0.25, -0.2) is 0 Å². The summed E-state index contributed by atoms with van der Waals surface area (Å²) < 4.78 is 0. The molecule has 2 heterocycles. The fourth-order valence-electron chi connectivity index (χ4n) is 4.22. The highest BCUT2D eigenvalue weighted by Crippen LogP contribution is 2.36. The number of non-ortho nitro benzene ring substituents is 1. The molecule has 0 radical (unpaired) electrons. The number of rotatable bonds is 6. The molecule has 0 saturated heterocycles. The molecule has 0 aliphatic carbocycles. The van der Waals surface area contributed by atoms with Crippen molar-refractivity contribution in [1.29, 1.82) is 0 Å². The van der Waals surface area contributed by atoms with Crippen molar-refractivity contribution in [3.63, 3.8) is 0 Å². The maximum atomic E-state index is 10.7. The molecule has 2 aliphatic rings. The van der Waals surface area contributed by atoms with Gasteiger partial charge in [-0.05, 0) is 72.2 Å². The first-order chi connectivity index (χ1) is 14.7. The fraction of sp³-hybridized carbons (Fsp3) is 0.231. The van der Waals surface area contributed by atoms with E-state index in [1.54, 1.807) is 12.1 Å². The molecule has 0 N–H and O–H groups in total. The van der Waals surface area contributed by atoms with Gasteiger partial charge in [-0.1, -0.05) is 48.6 Å². The van der Waals surface area contributed by atoms with E-state index in [1.165, 1.54) is 73.3 Å². The Kier molecular flexibility index (Phi) is 6.23. The smallest absolute Gasteiger partial charge is 0.269 e. The number of aryl methyl sites for hydroxylation is 2. The molecule has 4 heteroatoms. The van der Waals surface area contributed by atoms with Crippen LogP contribution in [0.2, 0.25) is 0 Å². The van der Waals surface area contributed by atoms with Crippen molar-refractivity contribution in [3.8, 4) is 0 Å². The lowest BCUT2D eigenvalue weighted by atomic mass is 9.90. The summed E-state index contributed by atoms with van der Waals surface area (Å²) in [6.45, 7) is 2.42. The zero-order chi connectivity index (χ0) is 20.8. The van der Waals surface area contributed by atoms with E-state index in [-0.39, 0.29) is 10.6 Å². The highest BCUT2D eigenvalue weighted by molar-refractivity contribution is 5.68. The minimum Gasteiger partial charge on any atom is -0.371 e. The van der Waals surface area contributed by atoms with Crippen LogP contribution in [0.4, 0.5) is 11.4 Å². The minimum absolute atomic E-state index is 0.109. The number of nitro groups is 1. The summed E-state index contributed by atoms with van der Waals surface area (Å²) in [7, 11) is 0. The second kappa shape index (κ2) is 9.40. The quantitative estimate of drug-likeness (QED) is 0.334. The number of hydrogen-bond acceptors (Lipinski definition) is 3. The van der Waals surface area contributed by atoms with Gasteiger partial charge in [0.25, 0.3) is 5.69 Å². The van der Waals surface area contributed by atoms with E-state index in [0.29, 0.717) is 0 Å². The largest absolute Gasteiger partial charge is 0.371 e. The molecule has 0 fully saturated rings. The van der Waals surface area contributed by atoms with Crippen molar-refractivity contribution in [2.24, 2.45) is 0 Å². The lowest BCUT2D eigenvalue weighted by Gasteiger charge is -2.37. The van der Waals surface area contributed by atoms with Gasteiger partial charge in [0.15, 0.2) is 0 Å². The van der Waals surface area contributed by atoms with Crippen LogP contribution in [0.15, 0.2) is 72.9 Å². The molecule has 4 nitrogen and oxygen atoms in total. The topological polar surface area (TPSA) is 46.4 Å². The Labute approximate surface area is 177 Å².